The third-order valence-corrected chi connectivity index (χ3v) is 4.15. The SMILES string of the molecule is COc1cc(CC2O[C@H](CO)[C@@H](O)[C@H](O)[C@H]2O)cc(OC)c1OC. The highest BCUT2D eigenvalue weighted by Crippen LogP contribution is 2.39. The van der Waals surface area contributed by atoms with E-state index in [1.165, 1.54) is 21.3 Å². The Morgan fingerprint density at radius 1 is 0.875 bits per heavy atom. The van der Waals surface area contributed by atoms with E-state index in [-0.39, 0.29) is 6.42 Å². The fourth-order valence-electron chi connectivity index (χ4n) is 2.83. The number of aliphatic hydroxyl groups excluding tert-OH is 4. The third-order valence-electron chi connectivity index (χ3n) is 4.15. The Hall–Kier alpha value is -1.58. The molecule has 1 aliphatic heterocycles. The molecule has 1 aromatic rings. The smallest absolute Gasteiger partial charge is 0.203 e. The van der Waals surface area contributed by atoms with Crippen LogP contribution < -0.4 is 14.2 Å². The standard InChI is InChI=1S/C16H24O8/c1-21-10-5-8(6-11(22-2)16(10)23-3)4-9-13(18)15(20)14(19)12(7-17)24-9/h5-6,9,12-15,17-20H,4,7H2,1-3H3/t9?,12-,13+,14-,15-/m1/s1. The predicted octanol–water partition coefficient (Wildman–Crippen LogP) is -0.903. The van der Waals surface area contributed by atoms with Crippen LogP contribution >= 0.6 is 0 Å². The van der Waals surface area contributed by atoms with Crippen LogP contribution in [-0.2, 0) is 11.2 Å². The van der Waals surface area contributed by atoms with Crippen molar-refractivity contribution < 1.29 is 39.4 Å². The number of hydrogen-bond donors (Lipinski definition) is 4. The first kappa shape index (κ1) is 18.8. The molecule has 1 aromatic carbocycles. The van der Waals surface area contributed by atoms with Crippen molar-refractivity contribution >= 4 is 0 Å². The first-order chi connectivity index (χ1) is 11.5. The summed E-state index contributed by atoms with van der Waals surface area (Å²) in [6.45, 7) is -0.462. The van der Waals surface area contributed by atoms with Crippen molar-refractivity contribution in [2.45, 2.75) is 36.9 Å². The summed E-state index contributed by atoms with van der Waals surface area (Å²) in [5, 5.41) is 39.1. The Kier molecular flexibility index (Phi) is 6.25. The molecule has 0 aliphatic carbocycles. The molecular weight excluding hydrogens is 320 g/mol. The van der Waals surface area contributed by atoms with Gasteiger partial charge in [-0.1, -0.05) is 0 Å². The van der Waals surface area contributed by atoms with Crippen molar-refractivity contribution in [3.63, 3.8) is 0 Å². The van der Waals surface area contributed by atoms with Gasteiger partial charge in [-0.05, 0) is 17.7 Å². The van der Waals surface area contributed by atoms with E-state index in [4.69, 9.17) is 18.9 Å². The van der Waals surface area contributed by atoms with E-state index in [1.807, 2.05) is 0 Å². The van der Waals surface area contributed by atoms with E-state index in [0.29, 0.717) is 22.8 Å². The van der Waals surface area contributed by atoms with Crippen LogP contribution in [0.2, 0.25) is 0 Å². The Morgan fingerprint density at radius 3 is 1.88 bits per heavy atom. The van der Waals surface area contributed by atoms with Crippen LogP contribution in [0.4, 0.5) is 0 Å². The fourth-order valence-corrected chi connectivity index (χ4v) is 2.83. The van der Waals surface area contributed by atoms with Crippen molar-refractivity contribution in [2.24, 2.45) is 0 Å². The molecule has 0 saturated carbocycles. The number of methoxy groups -OCH3 is 3. The second-order valence-corrected chi connectivity index (χ2v) is 5.61. The number of benzene rings is 1. The maximum atomic E-state index is 10.1. The molecule has 4 N–H and O–H groups in total. The average molecular weight is 344 g/mol. The van der Waals surface area contributed by atoms with Gasteiger partial charge in [0.2, 0.25) is 5.75 Å². The second kappa shape index (κ2) is 8.00. The molecule has 1 fully saturated rings. The molecule has 0 radical (unpaired) electrons. The zero-order chi connectivity index (χ0) is 17.9. The van der Waals surface area contributed by atoms with Crippen molar-refractivity contribution in [2.75, 3.05) is 27.9 Å². The van der Waals surface area contributed by atoms with Gasteiger partial charge in [-0.3, -0.25) is 0 Å². The molecule has 1 unspecified atom stereocenters. The molecule has 1 saturated heterocycles. The lowest BCUT2D eigenvalue weighted by atomic mass is 9.91. The quantitative estimate of drug-likeness (QED) is 0.524. The summed E-state index contributed by atoms with van der Waals surface area (Å²) in [5.74, 6) is 1.35. The molecule has 0 aromatic heterocycles. The molecule has 0 amide bonds. The molecule has 1 heterocycles. The van der Waals surface area contributed by atoms with Gasteiger partial charge in [-0.25, -0.2) is 0 Å². The van der Waals surface area contributed by atoms with Crippen molar-refractivity contribution in [3.8, 4) is 17.2 Å². The molecule has 24 heavy (non-hydrogen) atoms. The lowest BCUT2D eigenvalue weighted by Gasteiger charge is -2.40. The predicted molar refractivity (Wildman–Crippen MR) is 83.6 cm³/mol. The Labute approximate surface area is 140 Å². The van der Waals surface area contributed by atoms with Gasteiger partial charge in [0.05, 0.1) is 34.0 Å². The zero-order valence-electron chi connectivity index (χ0n) is 13.9. The molecule has 2 rings (SSSR count). The number of rotatable bonds is 6. The number of hydrogen-bond acceptors (Lipinski definition) is 8. The lowest BCUT2D eigenvalue weighted by Crippen LogP contribution is -2.59. The highest BCUT2D eigenvalue weighted by atomic mass is 16.5. The van der Waals surface area contributed by atoms with E-state index >= 15 is 0 Å². The Morgan fingerprint density at radius 2 is 1.42 bits per heavy atom. The topological polar surface area (TPSA) is 118 Å². The maximum Gasteiger partial charge on any atom is 0.203 e. The Balaban J connectivity index is 2.26. The minimum Gasteiger partial charge on any atom is -0.493 e. The van der Waals surface area contributed by atoms with Crippen LogP contribution in [-0.4, -0.2) is 78.9 Å². The first-order valence-electron chi connectivity index (χ1n) is 7.56. The van der Waals surface area contributed by atoms with E-state index in [2.05, 4.69) is 0 Å². The number of aliphatic hydroxyl groups is 4. The van der Waals surface area contributed by atoms with Crippen molar-refractivity contribution in [1.82, 2.24) is 0 Å². The van der Waals surface area contributed by atoms with E-state index in [1.54, 1.807) is 12.1 Å². The highest BCUT2D eigenvalue weighted by Gasteiger charge is 2.43. The normalized spacial score (nSPS) is 30.0. The Bertz CT molecular complexity index is 522. The van der Waals surface area contributed by atoms with Gasteiger partial charge in [-0.15, -0.1) is 0 Å². The molecule has 0 bridgehead atoms. The van der Waals surface area contributed by atoms with Gasteiger partial charge >= 0.3 is 0 Å². The van der Waals surface area contributed by atoms with Crippen LogP contribution in [0.15, 0.2) is 12.1 Å². The first-order valence-corrected chi connectivity index (χ1v) is 7.56. The molecule has 136 valence electrons. The van der Waals surface area contributed by atoms with Crippen LogP contribution in [0.25, 0.3) is 0 Å². The minimum absolute atomic E-state index is 0.220. The van der Waals surface area contributed by atoms with Gasteiger partial charge in [-0.2, -0.15) is 0 Å². The molecule has 8 nitrogen and oxygen atoms in total. The van der Waals surface area contributed by atoms with Crippen LogP contribution in [0.5, 0.6) is 17.2 Å². The fraction of sp³-hybridized carbons (Fsp3) is 0.625. The average Bonchev–Trinajstić information content (AvgIpc) is 2.61. The minimum atomic E-state index is -1.40. The maximum absolute atomic E-state index is 10.1. The van der Waals surface area contributed by atoms with Gasteiger partial charge in [0, 0.05) is 6.42 Å². The molecule has 5 atom stereocenters. The summed E-state index contributed by atoms with van der Waals surface area (Å²) < 4.78 is 21.3. The molecular formula is C16H24O8. The highest BCUT2D eigenvalue weighted by molar-refractivity contribution is 5.54. The van der Waals surface area contributed by atoms with Gasteiger partial charge in [0.1, 0.15) is 24.4 Å². The van der Waals surface area contributed by atoms with Crippen molar-refractivity contribution in [3.05, 3.63) is 17.7 Å². The van der Waals surface area contributed by atoms with Crippen LogP contribution in [0.3, 0.4) is 0 Å². The van der Waals surface area contributed by atoms with E-state index in [9.17, 15) is 20.4 Å². The largest absolute Gasteiger partial charge is 0.493 e. The summed E-state index contributed by atoms with van der Waals surface area (Å²) >= 11 is 0. The monoisotopic (exact) mass is 344 g/mol. The second-order valence-electron chi connectivity index (χ2n) is 5.61. The van der Waals surface area contributed by atoms with Gasteiger partial charge < -0.3 is 39.4 Å². The summed E-state index contributed by atoms with van der Waals surface area (Å²) in [6.07, 6.45) is -5.58. The lowest BCUT2D eigenvalue weighted by molar-refractivity contribution is -0.228. The summed E-state index contributed by atoms with van der Waals surface area (Å²) in [5.41, 5.74) is 0.717. The number of ether oxygens (including phenoxy) is 4. The van der Waals surface area contributed by atoms with E-state index < -0.39 is 37.1 Å². The molecule has 0 spiro atoms. The van der Waals surface area contributed by atoms with Gasteiger partial charge in [0.15, 0.2) is 11.5 Å². The van der Waals surface area contributed by atoms with Crippen molar-refractivity contribution in [1.29, 1.82) is 0 Å². The zero-order valence-corrected chi connectivity index (χ0v) is 13.9. The molecule has 1 aliphatic rings. The summed E-state index contributed by atoms with van der Waals surface area (Å²) in [6, 6.07) is 3.42. The van der Waals surface area contributed by atoms with Crippen LogP contribution in [0, 0.1) is 0 Å². The van der Waals surface area contributed by atoms with Crippen LogP contribution in [0.1, 0.15) is 5.56 Å². The third kappa shape index (κ3) is 3.57. The van der Waals surface area contributed by atoms with E-state index in [0.717, 1.165) is 0 Å². The summed E-state index contributed by atoms with van der Waals surface area (Å²) in [4.78, 5) is 0. The molecule has 8 heteroatoms. The summed E-state index contributed by atoms with van der Waals surface area (Å²) in [7, 11) is 4.49. The van der Waals surface area contributed by atoms with Gasteiger partial charge in [0.25, 0.3) is 0 Å².